The molecule has 0 aliphatic rings. The maximum absolute atomic E-state index is 8.52. The van der Waals surface area contributed by atoms with E-state index in [2.05, 4.69) is 5.16 Å². The number of benzene rings is 1. The third-order valence-electron chi connectivity index (χ3n) is 1.32. The summed E-state index contributed by atoms with van der Waals surface area (Å²) in [5.74, 6) is 0. The second kappa shape index (κ2) is 3.74. The summed E-state index contributed by atoms with van der Waals surface area (Å²) >= 11 is 5.70. The first-order chi connectivity index (χ1) is 5.77. The zero-order chi connectivity index (χ0) is 8.97. The van der Waals surface area contributed by atoms with Gasteiger partial charge in [-0.2, -0.15) is 5.26 Å². The number of rotatable bonds is 1. The van der Waals surface area contributed by atoms with Crippen LogP contribution in [0.5, 0.6) is 0 Å². The zero-order valence-corrected chi connectivity index (χ0v) is 6.78. The first kappa shape index (κ1) is 8.57. The average Bonchev–Trinajstić information content (AvgIpc) is 2.05. The van der Waals surface area contributed by atoms with Gasteiger partial charge in [-0.3, -0.25) is 0 Å². The summed E-state index contributed by atoms with van der Waals surface area (Å²) in [5, 5.41) is 19.9. The van der Waals surface area contributed by atoms with Crippen molar-refractivity contribution >= 4 is 17.8 Å². The van der Waals surface area contributed by atoms with Crippen molar-refractivity contribution in [1.29, 1.82) is 5.26 Å². The van der Waals surface area contributed by atoms with Crippen molar-refractivity contribution < 1.29 is 5.21 Å². The van der Waals surface area contributed by atoms with E-state index in [1.165, 1.54) is 6.21 Å². The summed E-state index contributed by atoms with van der Waals surface area (Å²) in [6, 6.07) is 6.69. The van der Waals surface area contributed by atoms with Crippen LogP contribution in [-0.4, -0.2) is 11.4 Å². The van der Waals surface area contributed by atoms with E-state index >= 15 is 0 Å². The maximum atomic E-state index is 8.52. The molecule has 0 saturated heterocycles. The van der Waals surface area contributed by atoms with E-state index < -0.39 is 0 Å². The molecule has 0 unspecified atom stereocenters. The number of nitrogens with zero attached hydrogens (tertiary/aromatic N) is 2. The molecule has 0 amide bonds. The van der Waals surface area contributed by atoms with Crippen LogP contribution in [0.1, 0.15) is 11.1 Å². The van der Waals surface area contributed by atoms with Gasteiger partial charge in [-0.1, -0.05) is 22.8 Å². The van der Waals surface area contributed by atoms with Gasteiger partial charge in [0.25, 0.3) is 0 Å². The minimum Gasteiger partial charge on any atom is -0.411 e. The predicted molar refractivity (Wildman–Crippen MR) is 45.5 cm³/mol. The van der Waals surface area contributed by atoms with Crippen LogP contribution in [0.4, 0.5) is 0 Å². The Morgan fingerprint density at radius 2 is 2.33 bits per heavy atom. The Kier molecular flexibility index (Phi) is 2.67. The van der Waals surface area contributed by atoms with Crippen molar-refractivity contribution in [3.8, 4) is 6.07 Å². The minimum absolute atomic E-state index is 0.356. The highest BCUT2D eigenvalue weighted by molar-refractivity contribution is 6.32. The van der Waals surface area contributed by atoms with Gasteiger partial charge < -0.3 is 5.21 Å². The third kappa shape index (κ3) is 1.74. The van der Waals surface area contributed by atoms with E-state index in [-0.39, 0.29) is 0 Å². The molecule has 0 aromatic heterocycles. The molecule has 0 aliphatic carbocycles. The Labute approximate surface area is 74.5 Å². The molecule has 1 rings (SSSR count). The molecule has 0 heterocycles. The highest BCUT2D eigenvalue weighted by atomic mass is 35.5. The summed E-state index contributed by atoms with van der Waals surface area (Å²) < 4.78 is 0. The topological polar surface area (TPSA) is 56.4 Å². The van der Waals surface area contributed by atoms with Gasteiger partial charge in [-0.15, -0.1) is 0 Å². The Morgan fingerprint density at radius 1 is 1.58 bits per heavy atom. The molecule has 1 aromatic rings. The van der Waals surface area contributed by atoms with Crippen LogP contribution >= 0.6 is 11.6 Å². The number of halogens is 1. The number of nitriles is 1. The molecule has 0 saturated carbocycles. The van der Waals surface area contributed by atoms with Crippen LogP contribution < -0.4 is 0 Å². The summed E-state index contributed by atoms with van der Waals surface area (Å²) in [4.78, 5) is 0. The van der Waals surface area contributed by atoms with Crippen LogP contribution in [0.25, 0.3) is 0 Å². The lowest BCUT2D eigenvalue weighted by Gasteiger charge is -1.94. The first-order valence-electron chi connectivity index (χ1n) is 3.15. The molecular formula is C8H5ClN2O. The quantitative estimate of drug-likeness (QED) is 0.408. The molecule has 1 aromatic carbocycles. The fourth-order valence-corrected chi connectivity index (χ4v) is 1.00. The number of hydrogen-bond donors (Lipinski definition) is 1. The summed E-state index contributed by atoms with van der Waals surface area (Å²) in [5.41, 5.74) is 1.06. The second-order valence-corrected chi connectivity index (χ2v) is 2.50. The van der Waals surface area contributed by atoms with E-state index in [4.69, 9.17) is 22.1 Å². The smallest absolute Gasteiger partial charge is 0.101 e. The molecular weight excluding hydrogens is 176 g/mol. The lowest BCUT2D eigenvalue weighted by molar-refractivity contribution is 0.322. The molecule has 3 nitrogen and oxygen atoms in total. The Morgan fingerprint density at radius 3 is 2.83 bits per heavy atom. The van der Waals surface area contributed by atoms with E-state index in [1.807, 2.05) is 6.07 Å². The van der Waals surface area contributed by atoms with Crippen LogP contribution in [0, 0.1) is 11.3 Å². The molecule has 0 aliphatic heterocycles. The van der Waals surface area contributed by atoms with E-state index in [1.54, 1.807) is 18.2 Å². The highest BCUT2D eigenvalue weighted by Crippen LogP contribution is 2.15. The fourth-order valence-electron chi connectivity index (χ4n) is 0.769. The molecule has 12 heavy (non-hydrogen) atoms. The maximum Gasteiger partial charge on any atom is 0.101 e. The number of oxime groups is 1. The van der Waals surface area contributed by atoms with Gasteiger partial charge in [-0.25, -0.2) is 0 Å². The standard InChI is InChI=1S/C8H5ClN2O/c9-8-3-6(5-11-12)1-2-7(8)4-10/h1-3,5,12H/b11-5+. The lowest BCUT2D eigenvalue weighted by Crippen LogP contribution is -1.83. The SMILES string of the molecule is N#Cc1ccc(/C=N/O)cc1Cl. The summed E-state index contributed by atoms with van der Waals surface area (Å²) in [6.45, 7) is 0. The van der Waals surface area contributed by atoms with Crippen molar-refractivity contribution in [2.75, 3.05) is 0 Å². The molecule has 60 valence electrons. The van der Waals surface area contributed by atoms with Crippen molar-refractivity contribution in [1.82, 2.24) is 0 Å². The molecule has 0 fully saturated rings. The molecule has 0 bridgehead atoms. The van der Waals surface area contributed by atoms with Crippen LogP contribution in [-0.2, 0) is 0 Å². The lowest BCUT2D eigenvalue weighted by atomic mass is 10.2. The molecule has 4 heteroatoms. The van der Waals surface area contributed by atoms with Crippen molar-refractivity contribution in [2.45, 2.75) is 0 Å². The second-order valence-electron chi connectivity index (χ2n) is 2.10. The fraction of sp³-hybridized carbons (Fsp3) is 0. The molecule has 0 spiro atoms. The minimum atomic E-state index is 0.356. The Hall–Kier alpha value is -1.53. The summed E-state index contributed by atoms with van der Waals surface area (Å²) in [7, 11) is 0. The van der Waals surface area contributed by atoms with Crippen molar-refractivity contribution in [3.63, 3.8) is 0 Å². The molecule has 1 N–H and O–H groups in total. The van der Waals surface area contributed by atoms with Crippen LogP contribution in [0.3, 0.4) is 0 Å². The zero-order valence-electron chi connectivity index (χ0n) is 6.03. The summed E-state index contributed by atoms with van der Waals surface area (Å²) in [6.07, 6.45) is 1.24. The van der Waals surface area contributed by atoms with Crippen LogP contribution in [0.15, 0.2) is 23.4 Å². The van der Waals surface area contributed by atoms with Gasteiger partial charge >= 0.3 is 0 Å². The van der Waals surface area contributed by atoms with Gasteiger partial charge in [0.1, 0.15) is 6.07 Å². The van der Waals surface area contributed by atoms with Crippen LogP contribution in [0.2, 0.25) is 5.02 Å². The van der Waals surface area contributed by atoms with Gasteiger partial charge in [0.2, 0.25) is 0 Å². The van der Waals surface area contributed by atoms with Crippen molar-refractivity contribution in [2.24, 2.45) is 5.16 Å². The first-order valence-corrected chi connectivity index (χ1v) is 3.53. The average molecular weight is 181 g/mol. The Bertz CT molecular complexity index is 355. The van der Waals surface area contributed by atoms with E-state index in [0.717, 1.165) is 0 Å². The largest absolute Gasteiger partial charge is 0.411 e. The van der Waals surface area contributed by atoms with Gasteiger partial charge in [0.15, 0.2) is 0 Å². The number of hydrogen-bond acceptors (Lipinski definition) is 3. The molecule has 0 radical (unpaired) electrons. The highest BCUT2D eigenvalue weighted by Gasteiger charge is 1.98. The monoisotopic (exact) mass is 180 g/mol. The van der Waals surface area contributed by atoms with Crippen molar-refractivity contribution in [3.05, 3.63) is 34.3 Å². The van der Waals surface area contributed by atoms with Gasteiger partial charge in [-0.05, 0) is 17.7 Å². The van der Waals surface area contributed by atoms with Gasteiger partial charge in [0.05, 0.1) is 16.8 Å². The molecule has 0 atom stereocenters. The Balaban J connectivity index is 3.12. The van der Waals surface area contributed by atoms with E-state index in [9.17, 15) is 0 Å². The third-order valence-corrected chi connectivity index (χ3v) is 1.63. The van der Waals surface area contributed by atoms with Gasteiger partial charge in [0, 0.05) is 0 Å². The predicted octanol–water partition coefficient (Wildman–Crippen LogP) is 2.02. The normalized spacial score (nSPS) is 10.0. The van der Waals surface area contributed by atoms with E-state index in [0.29, 0.717) is 16.1 Å².